The molecule has 0 saturated heterocycles. The molecule has 0 aromatic carbocycles. The van der Waals surface area contributed by atoms with E-state index in [9.17, 15) is 14.7 Å². The molecule has 0 aromatic rings. The van der Waals surface area contributed by atoms with E-state index in [2.05, 4.69) is 10.6 Å². The number of carbonyl (C=O) groups excluding carboxylic acids is 2. The molecule has 0 radical (unpaired) electrons. The van der Waals surface area contributed by atoms with E-state index in [1.165, 1.54) is 0 Å². The Labute approximate surface area is 119 Å². The van der Waals surface area contributed by atoms with E-state index in [1.807, 2.05) is 0 Å². The number of carbonyl (C=O) groups is 2. The molecule has 1 atom stereocenters. The molecular weight excluding hydrogens is 264 g/mol. The van der Waals surface area contributed by atoms with Crippen LogP contribution in [-0.2, 0) is 9.59 Å². The van der Waals surface area contributed by atoms with Gasteiger partial charge in [-0.1, -0.05) is 0 Å². The van der Waals surface area contributed by atoms with Crippen LogP contribution in [0.3, 0.4) is 0 Å². The number of aliphatic hydroxyl groups excluding tert-OH is 3. The largest absolute Gasteiger partial charge is 0.396 e. The van der Waals surface area contributed by atoms with Gasteiger partial charge in [0.05, 0.1) is 0 Å². The van der Waals surface area contributed by atoms with E-state index in [-0.39, 0.29) is 44.4 Å². The molecule has 118 valence electrons. The van der Waals surface area contributed by atoms with Gasteiger partial charge >= 0.3 is 0 Å². The molecule has 2 amide bonds. The SMILES string of the molecule is O=C(CCCCO)NCCC(O)NC(=O)CCCCO. The standard InChI is InChI=1S/C13H26N2O5/c16-9-3-1-5-11(18)14-8-7-13(20)15-12(19)6-2-4-10-17/h13,16-17,20H,1-10H2,(H,14,18)(H,15,19). The van der Waals surface area contributed by atoms with Gasteiger partial charge in [0, 0.05) is 39.0 Å². The molecule has 20 heavy (non-hydrogen) atoms. The highest BCUT2D eigenvalue weighted by Crippen LogP contribution is 1.96. The van der Waals surface area contributed by atoms with Crippen LogP contribution in [0.25, 0.3) is 0 Å². The number of unbranched alkanes of at least 4 members (excludes halogenated alkanes) is 2. The molecule has 0 spiro atoms. The predicted octanol–water partition coefficient (Wildman–Crippen LogP) is -0.747. The van der Waals surface area contributed by atoms with Gasteiger partial charge in [-0.15, -0.1) is 0 Å². The van der Waals surface area contributed by atoms with Crippen LogP contribution in [0.15, 0.2) is 0 Å². The van der Waals surface area contributed by atoms with Crippen molar-refractivity contribution in [3.8, 4) is 0 Å². The molecular formula is C13H26N2O5. The van der Waals surface area contributed by atoms with Gasteiger partial charge in [-0.05, 0) is 25.7 Å². The molecule has 0 saturated carbocycles. The second-order valence-corrected chi connectivity index (χ2v) is 4.58. The normalized spacial score (nSPS) is 11.9. The zero-order valence-corrected chi connectivity index (χ0v) is 11.8. The summed E-state index contributed by atoms with van der Waals surface area (Å²) >= 11 is 0. The minimum Gasteiger partial charge on any atom is -0.396 e. The van der Waals surface area contributed by atoms with Crippen LogP contribution in [0.2, 0.25) is 0 Å². The highest BCUT2D eigenvalue weighted by Gasteiger charge is 2.09. The van der Waals surface area contributed by atoms with Crippen molar-refractivity contribution < 1.29 is 24.9 Å². The molecule has 0 aliphatic heterocycles. The molecule has 1 unspecified atom stereocenters. The molecule has 0 aliphatic rings. The molecule has 0 aromatic heterocycles. The first kappa shape index (κ1) is 18.8. The predicted molar refractivity (Wildman–Crippen MR) is 73.6 cm³/mol. The fourth-order valence-corrected chi connectivity index (χ4v) is 1.56. The summed E-state index contributed by atoms with van der Waals surface area (Å²) in [5, 5.41) is 31.7. The van der Waals surface area contributed by atoms with Gasteiger partial charge in [0.2, 0.25) is 11.8 Å². The van der Waals surface area contributed by atoms with Gasteiger partial charge in [0.15, 0.2) is 0 Å². The lowest BCUT2D eigenvalue weighted by Crippen LogP contribution is -2.37. The second kappa shape index (κ2) is 12.8. The van der Waals surface area contributed by atoms with Crippen molar-refractivity contribution in [3.05, 3.63) is 0 Å². The van der Waals surface area contributed by atoms with E-state index in [0.717, 1.165) is 0 Å². The van der Waals surface area contributed by atoms with Crippen LogP contribution in [0, 0.1) is 0 Å². The Morgan fingerprint density at radius 2 is 1.45 bits per heavy atom. The van der Waals surface area contributed by atoms with E-state index < -0.39 is 6.23 Å². The Morgan fingerprint density at radius 1 is 0.900 bits per heavy atom. The Morgan fingerprint density at radius 3 is 2.00 bits per heavy atom. The third-order valence-corrected chi connectivity index (χ3v) is 2.69. The van der Waals surface area contributed by atoms with Crippen LogP contribution in [-0.4, -0.2) is 53.1 Å². The maximum atomic E-state index is 11.3. The van der Waals surface area contributed by atoms with Gasteiger partial charge in [0.25, 0.3) is 0 Å². The van der Waals surface area contributed by atoms with Crippen molar-refractivity contribution in [2.75, 3.05) is 19.8 Å². The van der Waals surface area contributed by atoms with Gasteiger partial charge in [-0.3, -0.25) is 9.59 Å². The molecule has 0 bridgehead atoms. The summed E-state index contributed by atoms with van der Waals surface area (Å²) in [7, 11) is 0. The molecule has 0 heterocycles. The maximum Gasteiger partial charge on any atom is 0.221 e. The zero-order chi connectivity index (χ0) is 15.2. The lowest BCUT2D eigenvalue weighted by molar-refractivity contribution is -0.124. The topological polar surface area (TPSA) is 119 Å². The molecule has 7 nitrogen and oxygen atoms in total. The van der Waals surface area contributed by atoms with Crippen molar-refractivity contribution in [1.29, 1.82) is 0 Å². The zero-order valence-electron chi connectivity index (χ0n) is 11.8. The fraction of sp³-hybridized carbons (Fsp3) is 0.846. The summed E-state index contributed by atoms with van der Waals surface area (Å²) in [6.45, 7) is 0.419. The number of hydrogen-bond acceptors (Lipinski definition) is 5. The lowest BCUT2D eigenvalue weighted by Gasteiger charge is -2.13. The van der Waals surface area contributed by atoms with Crippen molar-refractivity contribution in [3.63, 3.8) is 0 Å². The fourth-order valence-electron chi connectivity index (χ4n) is 1.56. The number of rotatable bonds is 12. The Bertz CT molecular complexity index is 273. The lowest BCUT2D eigenvalue weighted by atomic mass is 10.2. The van der Waals surface area contributed by atoms with Gasteiger partial charge < -0.3 is 26.0 Å². The third kappa shape index (κ3) is 11.9. The second-order valence-electron chi connectivity index (χ2n) is 4.58. The third-order valence-electron chi connectivity index (χ3n) is 2.69. The highest BCUT2D eigenvalue weighted by molar-refractivity contribution is 5.76. The molecule has 7 heteroatoms. The van der Waals surface area contributed by atoms with E-state index in [1.54, 1.807) is 0 Å². The van der Waals surface area contributed by atoms with E-state index in [0.29, 0.717) is 32.1 Å². The average Bonchev–Trinajstić information content (AvgIpc) is 2.39. The quantitative estimate of drug-likeness (QED) is 0.239. The van der Waals surface area contributed by atoms with Crippen LogP contribution >= 0.6 is 0 Å². The monoisotopic (exact) mass is 290 g/mol. The summed E-state index contributed by atoms with van der Waals surface area (Å²) in [5.74, 6) is -0.389. The Hall–Kier alpha value is -1.18. The molecule has 0 rings (SSSR count). The summed E-state index contributed by atoms with van der Waals surface area (Å²) in [6.07, 6.45) is 2.26. The van der Waals surface area contributed by atoms with Crippen molar-refractivity contribution in [1.82, 2.24) is 10.6 Å². The van der Waals surface area contributed by atoms with Gasteiger partial charge in [-0.25, -0.2) is 0 Å². The summed E-state index contributed by atoms with van der Waals surface area (Å²) in [6, 6.07) is 0. The van der Waals surface area contributed by atoms with Crippen molar-refractivity contribution in [2.45, 2.75) is 51.2 Å². The maximum absolute atomic E-state index is 11.3. The average molecular weight is 290 g/mol. The Balaban J connectivity index is 3.54. The van der Waals surface area contributed by atoms with Crippen molar-refractivity contribution >= 4 is 11.8 Å². The summed E-state index contributed by atoms with van der Waals surface area (Å²) in [4.78, 5) is 22.6. The molecule has 5 N–H and O–H groups in total. The van der Waals surface area contributed by atoms with Crippen molar-refractivity contribution in [2.24, 2.45) is 0 Å². The number of amides is 2. The molecule has 0 aliphatic carbocycles. The number of nitrogens with one attached hydrogen (secondary N) is 2. The number of hydrogen-bond donors (Lipinski definition) is 5. The first-order valence-electron chi connectivity index (χ1n) is 7.06. The highest BCUT2D eigenvalue weighted by atomic mass is 16.3. The summed E-state index contributed by atoms with van der Waals surface area (Å²) in [5.41, 5.74) is 0. The molecule has 0 fully saturated rings. The van der Waals surface area contributed by atoms with Crippen LogP contribution in [0.4, 0.5) is 0 Å². The van der Waals surface area contributed by atoms with Crippen LogP contribution in [0.5, 0.6) is 0 Å². The number of aliphatic hydroxyl groups is 3. The van der Waals surface area contributed by atoms with E-state index in [4.69, 9.17) is 10.2 Å². The first-order chi connectivity index (χ1) is 9.60. The smallest absolute Gasteiger partial charge is 0.221 e. The minimum atomic E-state index is -0.977. The summed E-state index contributed by atoms with van der Waals surface area (Å²) < 4.78 is 0. The Kier molecular flexibility index (Phi) is 12.1. The van der Waals surface area contributed by atoms with Gasteiger partial charge in [-0.2, -0.15) is 0 Å². The minimum absolute atomic E-state index is 0.0537. The van der Waals surface area contributed by atoms with Crippen LogP contribution in [0.1, 0.15) is 44.9 Å². The van der Waals surface area contributed by atoms with Crippen LogP contribution < -0.4 is 10.6 Å². The van der Waals surface area contributed by atoms with Gasteiger partial charge in [0.1, 0.15) is 6.23 Å². The first-order valence-corrected chi connectivity index (χ1v) is 7.06. The van der Waals surface area contributed by atoms with E-state index >= 15 is 0 Å².